The van der Waals surface area contributed by atoms with E-state index in [0.29, 0.717) is 25.7 Å². The maximum absolute atomic E-state index is 5.77. The number of benzene rings is 2. The molecule has 3 rings (SSSR count). The molecule has 0 fully saturated rings. The third-order valence-corrected chi connectivity index (χ3v) is 4.80. The molecule has 164 valence electrons. The van der Waals surface area contributed by atoms with Crippen LogP contribution < -0.4 is 24.8 Å². The molecule has 0 aromatic heterocycles. The summed E-state index contributed by atoms with van der Waals surface area (Å²) in [6.45, 7) is 2.03. The molecule has 1 heterocycles. The number of aliphatic imine (C=N–C) groups is 1. The van der Waals surface area contributed by atoms with Gasteiger partial charge in [-0.3, -0.25) is 4.99 Å². The predicted molar refractivity (Wildman–Crippen MR) is 132 cm³/mol. The molecule has 1 unspecified atom stereocenters. The molecule has 2 aromatic rings. The van der Waals surface area contributed by atoms with Gasteiger partial charge < -0.3 is 29.7 Å². The van der Waals surface area contributed by atoms with Gasteiger partial charge in [0.05, 0.1) is 26.4 Å². The fourth-order valence-electron chi connectivity index (χ4n) is 3.20. The van der Waals surface area contributed by atoms with Gasteiger partial charge in [-0.1, -0.05) is 12.1 Å². The molecule has 1 aliphatic rings. The van der Waals surface area contributed by atoms with Crippen LogP contribution in [0.15, 0.2) is 47.5 Å². The molecule has 0 aliphatic carbocycles. The summed E-state index contributed by atoms with van der Waals surface area (Å²) < 4.78 is 16.8. The van der Waals surface area contributed by atoms with Gasteiger partial charge in [-0.05, 0) is 43.9 Å². The number of halogens is 1. The van der Waals surface area contributed by atoms with Crippen molar-refractivity contribution in [3.05, 3.63) is 48.0 Å². The summed E-state index contributed by atoms with van der Waals surface area (Å²) in [7, 11) is 7.56. The van der Waals surface area contributed by atoms with Crippen molar-refractivity contribution in [3.63, 3.8) is 0 Å². The van der Waals surface area contributed by atoms with Crippen molar-refractivity contribution in [2.75, 3.05) is 53.3 Å². The fourth-order valence-corrected chi connectivity index (χ4v) is 3.20. The van der Waals surface area contributed by atoms with E-state index < -0.39 is 0 Å². The van der Waals surface area contributed by atoms with Crippen molar-refractivity contribution in [1.82, 2.24) is 10.2 Å². The summed E-state index contributed by atoms with van der Waals surface area (Å²) in [5.41, 5.74) is 2.07. The second-order valence-electron chi connectivity index (χ2n) is 7.05. The quantitative estimate of drug-likeness (QED) is 0.340. The number of anilines is 1. The van der Waals surface area contributed by atoms with E-state index in [1.807, 2.05) is 30.3 Å². The van der Waals surface area contributed by atoms with Crippen molar-refractivity contribution in [2.24, 2.45) is 4.99 Å². The largest absolute Gasteiger partial charge is 0.497 e. The van der Waals surface area contributed by atoms with Gasteiger partial charge in [0.1, 0.15) is 5.75 Å². The summed E-state index contributed by atoms with van der Waals surface area (Å²) in [5, 5.41) is 6.74. The van der Waals surface area contributed by atoms with Crippen LogP contribution in [0.4, 0.5) is 5.69 Å². The van der Waals surface area contributed by atoms with Gasteiger partial charge in [0.15, 0.2) is 17.5 Å². The molecular formula is C22H31IN4O3. The van der Waals surface area contributed by atoms with E-state index in [9.17, 15) is 0 Å². The van der Waals surface area contributed by atoms with E-state index >= 15 is 0 Å². The third kappa shape index (κ3) is 6.40. The normalized spacial score (nSPS) is 14.4. The lowest BCUT2D eigenvalue weighted by Crippen LogP contribution is -2.38. The Balaban J connectivity index is 0.00000320. The van der Waals surface area contributed by atoms with E-state index in [2.05, 4.69) is 46.8 Å². The highest BCUT2D eigenvalue weighted by Crippen LogP contribution is 2.32. The Morgan fingerprint density at radius 3 is 2.60 bits per heavy atom. The molecule has 7 nitrogen and oxygen atoms in total. The van der Waals surface area contributed by atoms with Crippen molar-refractivity contribution in [1.29, 1.82) is 0 Å². The Labute approximate surface area is 195 Å². The number of likely N-dealkylation sites (N-methyl/N-ethyl adjacent to an activating group) is 1. The molecule has 8 heteroatoms. The van der Waals surface area contributed by atoms with E-state index in [0.717, 1.165) is 29.4 Å². The SMILES string of the molecule is CN=C(NCC(c1cccc(OC)c1)N(C)C)Nc1ccc2c(c1)OCCCO2.I. The van der Waals surface area contributed by atoms with Crippen molar-refractivity contribution >= 4 is 35.6 Å². The van der Waals surface area contributed by atoms with Crippen LogP contribution in [0.3, 0.4) is 0 Å². The molecule has 0 saturated heterocycles. The highest BCUT2D eigenvalue weighted by atomic mass is 127. The number of guanidine groups is 1. The molecule has 1 atom stereocenters. The summed E-state index contributed by atoms with van der Waals surface area (Å²) in [6.07, 6.45) is 0.886. The number of methoxy groups -OCH3 is 1. The monoisotopic (exact) mass is 526 g/mol. The topological polar surface area (TPSA) is 67.4 Å². The van der Waals surface area contributed by atoms with Gasteiger partial charge in [0.25, 0.3) is 0 Å². The van der Waals surface area contributed by atoms with E-state index in [4.69, 9.17) is 14.2 Å². The van der Waals surface area contributed by atoms with E-state index in [1.54, 1.807) is 14.2 Å². The molecule has 30 heavy (non-hydrogen) atoms. The third-order valence-electron chi connectivity index (χ3n) is 4.80. The smallest absolute Gasteiger partial charge is 0.195 e. The van der Waals surface area contributed by atoms with Gasteiger partial charge >= 0.3 is 0 Å². The van der Waals surface area contributed by atoms with E-state index in [-0.39, 0.29) is 30.0 Å². The number of rotatable bonds is 6. The number of hydrogen-bond acceptors (Lipinski definition) is 5. The Kier molecular flexibility index (Phi) is 9.51. The van der Waals surface area contributed by atoms with E-state index in [1.165, 1.54) is 5.56 Å². The van der Waals surface area contributed by atoms with Gasteiger partial charge in [0, 0.05) is 31.8 Å². The second kappa shape index (κ2) is 11.8. The zero-order chi connectivity index (χ0) is 20.6. The van der Waals surface area contributed by atoms with Crippen LogP contribution >= 0.6 is 24.0 Å². The van der Waals surface area contributed by atoms with Crippen LogP contribution in [-0.4, -0.2) is 58.9 Å². The fraction of sp³-hybridized carbons (Fsp3) is 0.409. The number of nitrogens with zero attached hydrogens (tertiary/aromatic N) is 2. The molecule has 2 aromatic carbocycles. The summed E-state index contributed by atoms with van der Waals surface area (Å²) in [6, 6.07) is 14.1. The maximum atomic E-state index is 5.77. The Morgan fingerprint density at radius 2 is 1.90 bits per heavy atom. The van der Waals surface area contributed by atoms with Gasteiger partial charge in [-0.15, -0.1) is 24.0 Å². The number of nitrogens with one attached hydrogen (secondary N) is 2. The lowest BCUT2D eigenvalue weighted by Gasteiger charge is -2.26. The zero-order valence-electron chi connectivity index (χ0n) is 18.0. The van der Waals surface area contributed by atoms with Crippen LogP contribution in [-0.2, 0) is 0 Å². The summed E-state index contributed by atoms with van der Waals surface area (Å²) in [5.74, 6) is 3.07. The molecule has 0 saturated carbocycles. The lowest BCUT2D eigenvalue weighted by atomic mass is 10.1. The minimum absolute atomic E-state index is 0. The van der Waals surface area contributed by atoms with Crippen molar-refractivity contribution < 1.29 is 14.2 Å². The average Bonchev–Trinajstić information content (AvgIpc) is 2.98. The Hall–Kier alpha value is -2.20. The second-order valence-corrected chi connectivity index (χ2v) is 7.05. The van der Waals surface area contributed by atoms with Crippen LogP contribution in [0.25, 0.3) is 0 Å². The maximum Gasteiger partial charge on any atom is 0.195 e. The molecule has 1 aliphatic heterocycles. The van der Waals surface area contributed by atoms with Crippen LogP contribution in [0.1, 0.15) is 18.0 Å². The first-order valence-corrected chi connectivity index (χ1v) is 9.78. The molecule has 2 N–H and O–H groups in total. The highest BCUT2D eigenvalue weighted by molar-refractivity contribution is 14.0. The molecular weight excluding hydrogens is 495 g/mol. The minimum atomic E-state index is 0. The van der Waals surface area contributed by atoms with Gasteiger partial charge in [0.2, 0.25) is 0 Å². The number of ether oxygens (including phenoxy) is 3. The molecule has 0 spiro atoms. The van der Waals surface area contributed by atoms with Crippen molar-refractivity contribution in [3.8, 4) is 17.2 Å². The lowest BCUT2D eigenvalue weighted by molar-refractivity contribution is 0.297. The van der Waals surface area contributed by atoms with Gasteiger partial charge in [-0.2, -0.15) is 0 Å². The Bertz CT molecular complexity index is 845. The highest BCUT2D eigenvalue weighted by Gasteiger charge is 2.16. The zero-order valence-corrected chi connectivity index (χ0v) is 20.3. The first kappa shape index (κ1) is 24.1. The van der Waals surface area contributed by atoms with Crippen molar-refractivity contribution in [2.45, 2.75) is 12.5 Å². The average molecular weight is 526 g/mol. The number of fused-ring (bicyclic) bond motifs is 1. The van der Waals surface area contributed by atoms with Crippen LogP contribution in [0, 0.1) is 0 Å². The summed E-state index contributed by atoms with van der Waals surface area (Å²) >= 11 is 0. The first-order valence-electron chi connectivity index (χ1n) is 9.78. The Morgan fingerprint density at radius 1 is 1.13 bits per heavy atom. The number of hydrogen-bond donors (Lipinski definition) is 2. The van der Waals surface area contributed by atoms with Gasteiger partial charge in [-0.25, -0.2) is 0 Å². The minimum Gasteiger partial charge on any atom is -0.497 e. The first-order chi connectivity index (χ1) is 14.1. The van der Waals surface area contributed by atoms with Crippen LogP contribution in [0.2, 0.25) is 0 Å². The predicted octanol–water partition coefficient (Wildman–Crippen LogP) is 3.76. The molecule has 0 bridgehead atoms. The molecule has 0 radical (unpaired) electrons. The van der Waals surface area contributed by atoms with Crippen LogP contribution in [0.5, 0.6) is 17.2 Å². The summed E-state index contributed by atoms with van der Waals surface area (Å²) in [4.78, 5) is 6.52. The molecule has 0 amide bonds. The standard InChI is InChI=1S/C22H30N4O3.HI/c1-23-22(25-17-9-10-20-21(14-17)29-12-6-11-28-20)24-15-19(26(2)3)16-7-5-8-18(13-16)27-4;/h5,7-10,13-14,19H,6,11-12,15H2,1-4H3,(H2,23,24,25);1H.